The molecule has 0 saturated carbocycles. The molecule has 44 valence electrons. The second-order valence-electron chi connectivity index (χ2n) is 1.11. The van der Waals surface area contributed by atoms with E-state index in [2.05, 4.69) is 15.4 Å². The van der Waals surface area contributed by atoms with Gasteiger partial charge in [0.1, 0.15) is 8.77 Å². The first-order valence-corrected chi connectivity index (χ1v) is 4.72. The molecule has 0 aromatic carbocycles. The summed E-state index contributed by atoms with van der Waals surface area (Å²) in [6.07, 6.45) is 1.39. The first-order chi connectivity index (χ1) is 3.06. The van der Waals surface area contributed by atoms with Gasteiger partial charge in [0.05, 0.1) is 6.61 Å². The van der Waals surface area contributed by atoms with E-state index in [0.717, 1.165) is 0 Å². The van der Waals surface area contributed by atoms with Crippen molar-refractivity contribution in [2.24, 2.45) is 0 Å². The molecule has 1 unspecified atom stereocenters. The molecule has 2 nitrogen and oxygen atoms in total. The van der Waals surface area contributed by atoms with E-state index in [-0.39, 0.29) is 0 Å². The highest BCUT2D eigenvalue weighted by atomic mass is 32.8. The van der Waals surface area contributed by atoms with Gasteiger partial charge in [-0.2, -0.15) is 0 Å². The van der Waals surface area contributed by atoms with E-state index >= 15 is 0 Å². The lowest BCUT2D eigenvalue weighted by atomic mass is 10.9. The van der Waals surface area contributed by atoms with Crippen LogP contribution in [-0.4, -0.2) is 17.1 Å². The number of rotatable bonds is 2. The molecule has 0 aliphatic heterocycles. The number of hydrogen-bond donors (Lipinski definition) is 0. The average Bonchev–Trinajstić information content (AvgIpc) is 1.30. The molecule has 0 radical (unpaired) electrons. The molecule has 0 N–H and O–H groups in total. The zero-order valence-electron chi connectivity index (χ0n) is 4.34. The SMILES string of the molecule is CCOS(C)(=O)=S. The van der Waals surface area contributed by atoms with Crippen molar-refractivity contribution in [3.8, 4) is 0 Å². The predicted molar refractivity (Wildman–Crippen MR) is 33.1 cm³/mol. The zero-order chi connectivity index (χ0) is 5.91. The average molecular weight is 140 g/mol. The lowest BCUT2D eigenvalue weighted by Gasteiger charge is -1.94. The molecular formula is C3H8O2S2. The van der Waals surface area contributed by atoms with Gasteiger partial charge in [-0.15, -0.1) is 0 Å². The number of hydrogen-bond acceptors (Lipinski definition) is 3. The van der Waals surface area contributed by atoms with Crippen molar-refractivity contribution in [3.63, 3.8) is 0 Å². The highest BCUT2D eigenvalue weighted by molar-refractivity contribution is 8.29. The highest BCUT2D eigenvalue weighted by Gasteiger charge is 1.89. The van der Waals surface area contributed by atoms with Crippen LogP contribution in [0.2, 0.25) is 0 Å². The van der Waals surface area contributed by atoms with Gasteiger partial charge < -0.3 is 0 Å². The van der Waals surface area contributed by atoms with E-state index in [4.69, 9.17) is 0 Å². The molecule has 0 heterocycles. The van der Waals surface area contributed by atoms with Gasteiger partial charge in [-0.25, -0.2) is 4.21 Å². The lowest BCUT2D eigenvalue weighted by Crippen LogP contribution is -1.98. The Kier molecular flexibility index (Phi) is 2.71. The van der Waals surface area contributed by atoms with Crippen LogP contribution in [0.5, 0.6) is 0 Å². The summed E-state index contributed by atoms with van der Waals surface area (Å²) in [6, 6.07) is 0. The Balaban J connectivity index is 3.60. The van der Waals surface area contributed by atoms with Gasteiger partial charge in [0.2, 0.25) is 0 Å². The normalized spacial score (nSPS) is 18.6. The van der Waals surface area contributed by atoms with Gasteiger partial charge in [0.15, 0.2) is 0 Å². The molecule has 1 atom stereocenters. The minimum atomic E-state index is -2.34. The maximum atomic E-state index is 10.4. The summed E-state index contributed by atoms with van der Waals surface area (Å²) >= 11 is 4.39. The van der Waals surface area contributed by atoms with Gasteiger partial charge in [0, 0.05) is 17.4 Å². The second-order valence-corrected chi connectivity index (χ2v) is 4.57. The third kappa shape index (κ3) is 6.33. The smallest absolute Gasteiger partial charge is 0.141 e. The van der Waals surface area contributed by atoms with Crippen molar-refractivity contribution < 1.29 is 8.39 Å². The van der Waals surface area contributed by atoms with Crippen LogP contribution in [0.3, 0.4) is 0 Å². The first kappa shape index (κ1) is 7.33. The van der Waals surface area contributed by atoms with Gasteiger partial charge in [-0.3, -0.25) is 4.18 Å². The summed E-state index contributed by atoms with van der Waals surface area (Å²) in [7, 11) is -2.34. The maximum Gasteiger partial charge on any atom is 0.141 e. The molecule has 0 aliphatic rings. The van der Waals surface area contributed by atoms with Crippen molar-refractivity contribution >= 4 is 20.0 Å². The van der Waals surface area contributed by atoms with Gasteiger partial charge in [-0.05, 0) is 6.92 Å². The second kappa shape index (κ2) is 2.59. The van der Waals surface area contributed by atoms with Crippen LogP contribution in [0, 0.1) is 0 Å². The van der Waals surface area contributed by atoms with E-state index in [1.165, 1.54) is 6.26 Å². The zero-order valence-corrected chi connectivity index (χ0v) is 5.97. The summed E-state index contributed by atoms with van der Waals surface area (Å²) < 4.78 is 15.0. The summed E-state index contributed by atoms with van der Waals surface area (Å²) in [5.41, 5.74) is 0. The Morgan fingerprint density at radius 1 is 1.86 bits per heavy atom. The van der Waals surface area contributed by atoms with Crippen LogP contribution >= 0.6 is 0 Å². The maximum absolute atomic E-state index is 10.4. The Labute approximate surface area is 48.7 Å². The van der Waals surface area contributed by atoms with Crippen molar-refractivity contribution in [3.05, 3.63) is 0 Å². The third-order valence-corrected chi connectivity index (χ3v) is 1.28. The van der Waals surface area contributed by atoms with E-state index in [1.807, 2.05) is 0 Å². The molecular weight excluding hydrogens is 132 g/mol. The lowest BCUT2D eigenvalue weighted by molar-refractivity contribution is 0.373. The minimum absolute atomic E-state index is 0.429. The fourth-order valence-electron chi connectivity index (χ4n) is 0.214. The van der Waals surface area contributed by atoms with Crippen LogP contribution in [0.25, 0.3) is 0 Å². The highest BCUT2D eigenvalue weighted by Crippen LogP contribution is 1.83. The molecule has 0 aromatic rings. The largest absolute Gasteiger partial charge is 0.291 e. The summed E-state index contributed by atoms with van der Waals surface area (Å²) in [4.78, 5) is 0. The Bertz CT molecular complexity index is 124. The topological polar surface area (TPSA) is 26.3 Å². The summed E-state index contributed by atoms with van der Waals surface area (Å²) in [5, 5.41) is 0. The molecule has 0 aromatic heterocycles. The van der Waals surface area contributed by atoms with Crippen LogP contribution in [0.15, 0.2) is 0 Å². The molecule has 7 heavy (non-hydrogen) atoms. The van der Waals surface area contributed by atoms with Crippen LogP contribution in [0.4, 0.5) is 0 Å². The molecule has 0 rings (SSSR count). The van der Waals surface area contributed by atoms with Crippen molar-refractivity contribution in [1.82, 2.24) is 0 Å². The Morgan fingerprint density at radius 3 is 2.29 bits per heavy atom. The minimum Gasteiger partial charge on any atom is -0.291 e. The summed E-state index contributed by atoms with van der Waals surface area (Å²) in [6.45, 7) is 2.19. The molecule has 0 fully saturated rings. The van der Waals surface area contributed by atoms with Gasteiger partial charge in [-0.1, -0.05) is 0 Å². The predicted octanol–water partition coefficient (Wildman–Crippen LogP) is 0.314. The Hall–Kier alpha value is 0.330. The fraction of sp³-hybridized carbons (Fsp3) is 1.00. The Morgan fingerprint density at radius 2 is 2.29 bits per heavy atom. The van der Waals surface area contributed by atoms with Crippen molar-refractivity contribution in [2.45, 2.75) is 6.92 Å². The molecule has 0 bridgehead atoms. The quantitative estimate of drug-likeness (QED) is 0.552. The van der Waals surface area contributed by atoms with Crippen molar-refractivity contribution in [1.29, 1.82) is 0 Å². The van der Waals surface area contributed by atoms with E-state index in [9.17, 15) is 4.21 Å². The van der Waals surface area contributed by atoms with Crippen LogP contribution < -0.4 is 0 Å². The van der Waals surface area contributed by atoms with Gasteiger partial charge >= 0.3 is 0 Å². The monoisotopic (exact) mass is 140 g/mol. The third-order valence-electron chi connectivity index (χ3n) is 0.332. The van der Waals surface area contributed by atoms with E-state index in [1.54, 1.807) is 6.92 Å². The van der Waals surface area contributed by atoms with Gasteiger partial charge in [0.25, 0.3) is 0 Å². The molecule has 0 aliphatic carbocycles. The first-order valence-electron chi connectivity index (χ1n) is 1.90. The fourth-order valence-corrected chi connectivity index (χ4v) is 0.931. The van der Waals surface area contributed by atoms with Crippen LogP contribution in [0.1, 0.15) is 6.92 Å². The summed E-state index contributed by atoms with van der Waals surface area (Å²) in [5.74, 6) is 0. The van der Waals surface area contributed by atoms with E-state index in [0.29, 0.717) is 6.61 Å². The molecule has 0 saturated heterocycles. The molecule has 0 spiro atoms. The van der Waals surface area contributed by atoms with E-state index < -0.39 is 8.77 Å². The molecule has 0 amide bonds. The molecule has 4 heteroatoms. The standard InChI is InChI=1S/C3H8O2S2/c1-3-5-7(2,4)6/h3H2,1-2H3. The van der Waals surface area contributed by atoms with Crippen molar-refractivity contribution in [2.75, 3.05) is 12.9 Å². The van der Waals surface area contributed by atoms with Crippen LogP contribution in [-0.2, 0) is 24.1 Å².